The van der Waals surface area contributed by atoms with Crippen molar-refractivity contribution in [2.75, 3.05) is 32.1 Å². The summed E-state index contributed by atoms with van der Waals surface area (Å²) in [5, 5.41) is 0.318. The van der Waals surface area contributed by atoms with Gasteiger partial charge in [-0.25, -0.2) is 9.97 Å². The molecule has 1 aromatic carbocycles. The summed E-state index contributed by atoms with van der Waals surface area (Å²) in [6, 6.07) is 11.5. The van der Waals surface area contributed by atoms with Crippen molar-refractivity contribution in [2.24, 2.45) is 0 Å². The zero-order chi connectivity index (χ0) is 19.3. The van der Waals surface area contributed by atoms with E-state index in [-0.39, 0.29) is 12.0 Å². The third kappa shape index (κ3) is 4.75. The zero-order valence-electron chi connectivity index (χ0n) is 14.9. The fraction of sp³-hybridized carbons (Fsp3) is 0.316. The number of para-hydroxylation sites is 1. The minimum Gasteiger partial charge on any atom is -0.488 e. The summed E-state index contributed by atoms with van der Waals surface area (Å²) in [6.45, 7) is 1.90. The fourth-order valence-corrected chi connectivity index (χ4v) is 4.98. The van der Waals surface area contributed by atoms with Crippen LogP contribution in [0.1, 0.15) is 0 Å². The molecule has 1 atom stereocenters. The first-order valence-electron chi connectivity index (χ1n) is 8.80. The van der Waals surface area contributed by atoms with Gasteiger partial charge in [-0.2, -0.15) is 0 Å². The van der Waals surface area contributed by atoms with Crippen molar-refractivity contribution in [3.8, 4) is 5.75 Å². The Bertz CT molecular complexity index is 935. The number of halogens is 1. The third-order valence-electron chi connectivity index (χ3n) is 4.23. The van der Waals surface area contributed by atoms with E-state index in [1.165, 1.54) is 11.8 Å². The molecular weight excluding hydrogens is 418 g/mol. The first-order chi connectivity index (χ1) is 13.7. The Morgan fingerprint density at radius 2 is 2.25 bits per heavy atom. The highest BCUT2D eigenvalue weighted by molar-refractivity contribution is 8.01. The highest BCUT2D eigenvalue weighted by Gasteiger charge is 2.25. The molecule has 9 heteroatoms. The summed E-state index contributed by atoms with van der Waals surface area (Å²) in [5.74, 6) is 0.960. The van der Waals surface area contributed by atoms with Crippen molar-refractivity contribution in [1.29, 1.82) is 0 Å². The molecule has 1 saturated heterocycles. The number of hydrogen-bond donors (Lipinski definition) is 0. The topological polar surface area (TPSA) is 64.6 Å². The number of thioether (sulfide) groups is 1. The van der Waals surface area contributed by atoms with Crippen LogP contribution in [0.25, 0.3) is 10.2 Å². The lowest BCUT2D eigenvalue weighted by Gasteiger charge is -2.32. The van der Waals surface area contributed by atoms with Gasteiger partial charge in [0.05, 0.1) is 29.1 Å². The van der Waals surface area contributed by atoms with Crippen LogP contribution in [-0.4, -0.2) is 58.9 Å². The molecule has 0 radical (unpaired) electrons. The van der Waals surface area contributed by atoms with Crippen LogP contribution in [0.15, 0.2) is 46.9 Å². The van der Waals surface area contributed by atoms with Crippen LogP contribution >= 0.6 is 34.7 Å². The monoisotopic (exact) mass is 435 g/mol. The van der Waals surface area contributed by atoms with Crippen LogP contribution in [-0.2, 0) is 9.53 Å². The summed E-state index contributed by atoms with van der Waals surface area (Å²) in [6.07, 6.45) is 1.41. The summed E-state index contributed by atoms with van der Waals surface area (Å²) >= 11 is 9.09. The number of nitrogens with zero attached hydrogens (tertiary/aromatic N) is 3. The lowest BCUT2D eigenvalue weighted by atomic mass is 10.3. The van der Waals surface area contributed by atoms with E-state index in [1.54, 1.807) is 29.7 Å². The van der Waals surface area contributed by atoms with Gasteiger partial charge in [-0.1, -0.05) is 35.5 Å². The Labute approximate surface area is 175 Å². The number of thiazole rings is 1. The van der Waals surface area contributed by atoms with Gasteiger partial charge in [0, 0.05) is 12.7 Å². The molecule has 0 saturated carbocycles. The molecule has 0 bridgehead atoms. The maximum atomic E-state index is 12.6. The summed E-state index contributed by atoms with van der Waals surface area (Å²) < 4.78 is 13.5. The van der Waals surface area contributed by atoms with E-state index < -0.39 is 0 Å². The van der Waals surface area contributed by atoms with Crippen molar-refractivity contribution in [3.05, 3.63) is 47.7 Å². The predicted molar refractivity (Wildman–Crippen MR) is 111 cm³/mol. The summed E-state index contributed by atoms with van der Waals surface area (Å²) in [7, 11) is 0. The normalized spacial score (nSPS) is 17.0. The maximum absolute atomic E-state index is 12.6. The van der Waals surface area contributed by atoms with Crippen LogP contribution < -0.4 is 4.74 Å². The SMILES string of the molecule is O=C(CSc1nc2ccccc2s1)N1CCOC(COc2cccnc2Cl)C1. The molecule has 6 nitrogen and oxygen atoms in total. The van der Waals surface area contributed by atoms with E-state index in [9.17, 15) is 4.79 Å². The molecule has 0 aliphatic carbocycles. The van der Waals surface area contributed by atoms with Crippen molar-refractivity contribution in [3.63, 3.8) is 0 Å². The van der Waals surface area contributed by atoms with Crippen LogP contribution in [0.2, 0.25) is 5.15 Å². The number of amides is 1. The van der Waals surface area contributed by atoms with E-state index in [0.717, 1.165) is 14.6 Å². The predicted octanol–water partition coefficient (Wildman–Crippen LogP) is 3.74. The van der Waals surface area contributed by atoms with Gasteiger partial charge in [-0.15, -0.1) is 11.3 Å². The Morgan fingerprint density at radius 1 is 1.36 bits per heavy atom. The Morgan fingerprint density at radius 3 is 3.11 bits per heavy atom. The fourth-order valence-electron chi connectivity index (χ4n) is 2.84. The quantitative estimate of drug-likeness (QED) is 0.434. The molecule has 146 valence electrons. The molecule has 1 fully saturated rings. The number of carbonyl (C=O) groups excluding carboxylic acids is 1. The van der Waals surface area contributed by atoms with Crippen molar-refractivity contribution in [2.45, 2.75) is 10.4 Å². The molecule has 1 amide bonds. The minimum atomic E-state index is -0.193. The number of carbonyl (C=O) groups is 1. The van der Waals surface area contributed by atoms with Gasteiger partial charge in [0.25, 0.3) is 0 Å². The first-order valence-corrected chi connectivity index (χ1v) is 11.0. The molecular formula is C19H18ClN3O3S2. The van der Waals surface area contributed by atoms with E-state index in [1.807, 2.05) is 29.2 Å². The molecule has 0 N–H and O–H groups in total. The Balaban J connectivity index is 1.28. The van der Waals surface area contributed by atoms with Gasteiger partial charge >= 0.3 is 0 Å². The van der Waals surface area contributed by atoms with Gasteiger partial charge in [-0.05, 0) is 24.3 Å². The van der Waals surface area contributed by atoms with Gasteiger partial charge in [0.2, 0.25) is 5.91 Å². The first kappa shape index (κ1) is 19.4. The second-order valence-corrected chi connectivity index (χ2v) is 8.78. The second-order valence-electron chi connectivity index (χ2n) is 6.17. The smallest absolute Gasteiger partial charge is 0.233 e. The molecule has 28 heavy (non-hydrogen) atoms. The number of rotatable bonds is 6. The zero-order valence-corrected chi connectivity index (χ0v) is 17.3. The van der Waals surface area contributed by atoms with Crippen molar-refractivity contribution in [1.82, 2.24) is 14.9 Å². The Hall–Kier alpha value is -1.87. The van der Waals surface area contributed by atoms with Crippen LogP contribution in [0.5, 0.6) is 5.75 Å². The molecule has 2 aromatic heterocycles. The number of pyridine rings is 1. The average Bonchev–Trinajstić information content (AvgIpc) is 3.15. The standard InChI is InChI=1S/C19H18ClN3O3S2/c20-18-15(5-3-7-21-18)26-11-13-10-23(8-9-25-13)17(24)12-27-19-22-14-4-1-2-6-16(14)28-19/h1-7,13H,8-12H2. The van der Waals surface area contributed by atoms with E-state index in [0.29, 0.717) is 43.0 Å². The molecule has 0 spiro atoms. The lowest BCUT2D eigenvalue weighted by Crippen LogP contribution is -2.48. The van der Waals surface area contributed by atoms with E-state index in [4.69, 9.17) is 21.1 Å². The van der Waals surface area contributed by atoms with Crippen LogP contribution in [0, 0.1) is 0 Å². The van der Waals surface area contributed by atoms with Crippen molar-refractivity contribution < 1.29 is 14.3 Å². The van der Waals surface area contributed by atoms with Gasteiger partial charge < -0.3 is 14.4 Å². The third-order valence-corrected chi connectivity index (χ3v) is 6.68. The minimum absolute atomic E-state index is 0.0805. The highest BCUT2D eigenvalue weighted by atomic mass is 35.5. The number of morpholine rings is 1. The second kappa shape index (κ2) is 9.09. The largest absolute Gasteiger partial charge is 0.488 e. The maximum Gasteiger partial charge on any atom is 0.233 e. The number of hydrogen-bond acceptors (Lipinski definition) is 7. The highest BCUT2D eigenvalue weighted by Crippen LogP contribution is 2.29. The van der Waals surface area contributed by atoms with E-state index >= 15 is 0 Å². The Kier molecular flexibility index (Phi) is 6.31. The van der Waals surface area contributed by atoms with Crippen LogP contribution in [0.4, 0.5) is 0 Å². The summed E-state index contributed by atoms with van der Waals surface area (Å²) in [4.78, 5) is 23.0. The number of benzene rings is 1. The number of fused-ring (bicyclic) bond motifs is 1. The average molecular weight is 436 g/mol. The summed E-state index contributed by atoms with van der Waals surface area (Å²) in [5.41, 5.74) is 0.972. The van der Waals surface area contributed by atoms with Crippen molar-refractivity contribution >= 4 is 50.8 Å². The van der Waals surface area contributed by atoms with Gasteiger partial charge in [-0.3, -0.25) is 4.79 Å². The molecule has 1 aliphatic rings. The molecule has 3 aromatic rings. The number of aromatic nitrogens is 2. The molecule has 3 heterocycles. The molecule has 1 aliphatic heterocycles. The van der Waals surface area contributed by atoms with Crippen LogP contribution in [0.3, 0.4) is 0 Å². The van der Waals surface area contributed by atoms with E-state index in [2.05, 4.69) is 9.97 Å². The molecule has 4 rings (SSSR count). The van der Waals surface area contributed by atoms with Gasteiger partial charge in [0.1, 0.15) is 12.7 Å². The van der Waals surface area contributed by atoms with Gasteiger partial charge in [0.15, 0.2) is 15.2 Å². The molecule has 1 unspecified atom stereocenters. The lowest BCUT2D eigenvalue weighted by molar-refractivity contribution is -0.137. The number of ether oxygens (including phenoxy) is 2.